The molecule has 16 heavy (non-hydrogen) atoms. The highest BCUT2D eigenvalue weighted by Gasteiger charge is 2.36. The first-order valence-electron chi connectivity index (χ1n) is 5.29. The van der Waals surface area contributed by atoms with Crippen LogP contribution in [0.5, 0.6) is 0 Å². The maximum absolute atomic E-state index is 12.3. The smallest absolute Gasteiger partial charge is 0.223 e. The molecular weight excluding hydrogens is 264 g/mol. The van der Waals surface area contributed by atoms with Crippen molar-refractivity contribution in [1.29, 1.82) is 0 Å². The number of hydrogen-bond donors (Lipinski definition) is 1. The first-order valence-corrected chi connectivity index (χ1v) is 8.35. The summed E-state index contributed by atoms with van der Waals surface area (Å²) >= 11 is 6.62. The van der Waals surface area contributed by atoms with Crippen LogP contribution in [0.3, 0.4) is 0 Å². The van der Waals surface area contributed by atoms with E-state index in [-0.39, 0.29) is 11.0 Å². The van der Waals surface area contributed by atoms with E-state index >= 15 is 0 Å². The molecule has 0 aliphatic carbocycles. The molecule has 1 saturated heterocycles. The molecule has 7 heteroatoms. The van der Waals surface area contributed by atoms with Crippen molar-refractivity contribution in [2.24, 2.45) is 5.73 Å². The zero-order valence-electron chi connectivity index (χ0n) is 9.55. The molecule has 1 aliphatic rings. The zero-order chi connectivity index (χ0) is 12.3. The second-order valence-corrected chi connectivity index (χ2v) is 7.57. The Morgan fingerprint density at radius 2 is 2.31 bits per heavy atom. The van der Waals surface area contributed by atoms with Crippen molar-refractivity contribution in [1.82, 2.24) is 4.31 Å². The Labute approximate surface area is 107 Å². The van der Waals surface area contributed by atoms with Crippen molar-refractivity contribution >= 4 is 39.0 Å². The maximum Gasteiger partial charge on any atom is 0.223 e. The van der Waals surface area contributed by atoms with E-state index in [9.17, 15) is 8.42 Å². The van der Waals surface area contributed by atoms with Gasteiger partial charge in [0.1, 0.15) is 5.25 Å². The van der Waals surface area contributed by atoms with Crippen molar-refractivity contribution in [2.45, 2.75) is 31.6 Å². The average Bonchev–Trinajstić information content (AvgIpc) is 2.17. The summed E-state index contributed by atoms with van der Waals surface area (Å²) < 4.78 is 26.2. The standard InChI is InChI=1S/C9H18N2O2S3/c1-3-8(9(10)14)16(12,13)11-4-5-15-6-7(11)2/h7-8H,3-6H2,1-2H3,(H2,10,14). The molecule has 2 unspecified atom stereocenters. The van der Waals surface area contributed by atoms with E-state index < -0.39 is 15.3 Å². The van der Waals surface area contributed by atoms with Gasteiger partial charge in [0.2, 0.25) is 10.0 Å². The molecule has 1 rings (SSSR count). The lowest BCUT2D eigenvalue weighted by atomic mass is 10.3. The van der Waals surface area contributed by atoms with Crippen LogP contribution in [0.15, 0.2) is 0 Å². The highest BCUT2D eigenvalue weighted by atomic mass is 32.2. The fourth-order valence-corrected chi connectivity index (χ4v) is 5.53. The highest BCUT2D eigenvalue weighted by Crippen LogP contribution is 2.23. The van der Waals surface area contributed by atoms with Crippen LogP contribution in [0.2, 0.25) is 0 Å². The van der Waals surface area contributed by atoms with E-state index in [1.807, 2.05) is 6.92 Å². The number of nitrogens with zero attached hydrogens (tertiary/aromatic N) is 1. The van der Waals surface area contributed by atoms with Crippen LogP contribution < -0.4 is 5.73 Å². The summed E-state index contributed by atoms with van der Waals surface area (Å²) in [7, 11) is -3.37. The van der Waals surface area contributed by atoms with Gasteiger partial charge in [-0.1, -0.05) is 19.1 Å². The Hall–Kier alpha value is 0.150. The Bertz CT molecular complexity index is 356. The molecular formula is C9H18N2O2S3. The molecule has 94 valence electrons. The van der Waals surface area contributed by atoms with E-state index in [0.717, 1.165) is 11.5 Å². The topological polar surface area (TPSA) is 63.4 Å². The molecule has 0 spiro atoms. The molecule has 1 fully saturated rings. The van der Waals surface area contributed by atoms with Crippen molar-refractivity contribution in [2.75, 3.05) is 18.1 Å². The van der Waals surface area contributed by atoms with E-state index in [1.165, 1.54) is 0 Å². The number of sulfonamides is 1. The van der Waals surface area contributed by atoms with Gasteiger partial charge in [0.15, 0.2) is 0 Å². The lowest BCUT2D eigenvalue weighted by Gasteiger charge is -2.34. The predicted molar refractivity (Wildman–Crippen MR) is 73.3 cm³/mol. The van der Waals surface area contributed by atoms with Gasteiger partial charge in [0, 0.05) is 24.1 Å². The molecule has 0 aromatic heterocycles. The molecule has 0 saturated carbocycles. The van der Waals surface area contributed by atoms with Gasteiger partial charge in [-0.3, -0.25) is 0 Å². The molecule has 2 atom stereocenters. The van der Waals surface area contributed by atoms with Crippen molar-refractivity contribution in [3.63, 3.8) is 0 Å². The van der Waals surface area contributed by atoms with Gasteiger partial charge >= 0.3 is 0 Å². The van der Waals surface area contributed by atoms with Crippen LogP contribution in [0, 0.1) is 0 Å². The van der Waals surface area contributed by atoms with Gasteiger partial charge in [-0.15, -0.1) is 0 Å². The largest absolute Gasteiger partial charge is 0.392 e. The van der Waals surface area contributed by atoms with Crippen molar-refractivity contribution < 1.29 is 8.42 Å². The van der Waals surface area contributed by atoms with Gasteiger partial charge in [0.05, 0.1) is 4.99 Å². The third-order valence-corrected chi connectivity index (χ3v) is 6.81. The van der Waals surface area contributed by atoms with Crippen LogP contribution in [-0.2, 0) is 10.0 Å². The summed E-state index contributed by atoms with van der Waals surface area (Å²) in [5.41, 5.74) is 5.51. The lowest BCUT2D eigenvalue weighted by Crippen LogP contribution is -2.51. The fraction of sp³-hybridized carbons (Fsp3) is 0.889. The van der Waals surface area contributed by atoms with E-state index in [1.54, 1.807) is 23.0 Å². The number of thioether (sulfide) groups is 1. The Balaban J connectivity index is 2.94. The number of nitrogens with two attached hydrogens (primary N) is 1. The first kappa shape index (κ1) is 14.2. The number of rotatable bonds is 4. The molecule has 4 nitrogen and oxygen atoms in total. The fourth-order valence-electron chi connectivity index (χ4n) is 1.81. The second-order valence-electron chi connectivity index (χ2n) is 3.88. The number of hydrogen-bond acceptors (Lipinski definition) is 4. The van der Waals surface area contributed by atoms with E-state index in [4.69, 9.17) is 18.0 Å². The van der Waals surface area contributed by atoms with Gasteiger partial charge in [0.25, 0.3) is 0 Å². The van der Waals surface area contributed by atoms with Crippen LogP contribution in [0.25, 0.3) is 0 Å². The first-order chi connectivity index (χ1) is 7.41. The van der Waals surface area contributed by atoms with Crippen LogP contribution in [-0.4, -0.2) is 47.1 Å². The summed E-state index contributed by atoms with van der Waals surface area (Å²) in [5.74, 6) is 1.68. The zero-order valence-corrected chi connectivity index (χ0v) is 12.0. The normalized spacial score (nSPS) is 25.2. The maximum atomic E-state index is 12.3. The monoisotopic (exact) mass is 282 g/mol. The van der Waals surface area contributed by atoms with Gasteiger partial charge in [-0.05, 0) is 13.3 Å². The minimum Gasteiger partial charge on any atom is -0.392 e. The van der Waals surface area contributed by atoms with E-state index in [0.29, 0.717) is 13.0 Å². The third-order valence-electron chi connectivity index (χ3n) is 2.68. The summed E-state index contributed by atoms with van der Waals surface area (Å²) in [4.78, 5) is 0.0768. The van der Waals surface area contributed by atoms with Crippen LogP contribution in [0.4, 0.5) is 0 Å². The van der Waals surface area contributed by atoms with Gasteiger partial charge in [-0.2, -0.15) is 16.1 Å². The van der Waals surface area contributed by atoms with Crippen LogP contribution in [0.1, 0.15) is 20.3 Å². The van der Waals surface area contributed by atoms with Gasteiger partial charge < -0.3 is 5.73 Å². The van der Waals surface area contributed by atoms with Gasteiger partial charge in [-0.25, -0.2) is 8.42 Å². The second kappa shape index (κ2) is 5.66. The third kappa shape index (κ3) is 2.88. The van der Waals surface area contributed by atoms with Crippen molar-refractivity contribution in [3.05, 3.63) is 0 Å². The molecule has 1 aliphatic heterocycles. The lowest BCUT2D eigenvalue weighted by molar-refractivity contribution is 0.365. The van der Waals surface area contributed by atoms with Crippen molar-refractivity contribution in [3.8, 4) is 0 Å². The molecule has 0 aromatic carbocycles. The van der Waals surface area contributed by atoms with E-state index in [2.05, 4.69) is 0 Å². The molecule has 0 aromatic rings. The Morgan fingerprint density at radius 1 is 1.69 bits per heavy atom. The predicted octanol–water partition coefficient (Wildman–Crippen LogP) is 0.818. The molecule has 0 bridgehead atoms. The molecule has 0 radical (unpaired) electrons. The molecule has 0 amide bonds. The summed E-state index contributed by atoms with van der Waals surface area (Å²) in [6.07, 6.45) is 0.439. The molecule has 1 heterocycles. The SMILES string of the molecule is CCC(C(N)=S)S(=O)(=O)N1CCSCC1C. The Kier molecular flexibility index (Phi) is 5.03. The number of thiocarbonyl (C=S) groups is 1. The summed E-state index contributed by atoms with van der Waals surface area (Å²) in [5, 5.41) is -0.715. The summed E-state index contributed by atoms with van der Waals surface area (Å²) in [6.45, 7) is 4.29. The quantitative estimate of drug-likeness (QED) is 0.773. The highest BCUT2D eigenvalue weighted by molar-refractivity contribution is 7.99. The summed E-state index contributed by atoms with van der Waals surface area (Å²) in [6, 6.07) is 0.0344. The minimum absolute atomic E-state index is 0.0344. The minimum atomic E-state index is -3.37. The average molecular weight is 282 g/mol. The van der Waals surface area contributed by atoms with Crippen LogP contribution >= 0.6 is 24.0 Å². The Morgan fingerprint density at radius 3 is 2.75 bits per heavy atom. The molecule has 2 N–H and O–H groups in total.